The van der Waals surface area contributed by atoms with E-state index < -0.39 is 5.97 Å². The molecule has 5 nitrogen and oxygen atoms in total. The van der Waals surface area contributed by atoms with Gasteiger partial charge >= 0.3 is 5.97 Å². The number of rotatable bonds is 4. The lowest BCUT2D eigenvalue weighted by Gasteiger charge is -2.30. The number of carbonyl (C=O) groups is 2. The van der Waals surface area contributed by atoms with Crippen LogP contribution in [0, 0.1) is 0 Å². The molecule has 1 saturated heterocycles. The number of likely N-dealkylation sites (tertiary alicyclic amines) is 1. The van der Waals surface area contributed by atoms with Crippen molar-refractivity contribution in [2.24, 2.45) is 7.05 Å². The van der Waals surface area contributed by atoms with Gasteiger partial charge in [0, 0.05) is 31.9 Å². The molecule has 2 heterocycles. The normalized spacial score (nSPS) is 19.6. The second-order valence-electron chi connectivity index (χ2n) is 5.39. The standard InChI is InChI=1S/C15H22N2O3/c1-16-10-5-7-12(16)13-6-3-2-4-11-17(13)14(18)8-9-15(19)20/h5,7,10,13H,2-4,6,8-9,11H2,1H3,(H,19,20). The van der Waals surface area contributed by atoms with Gasteiger partial charge in [0.15, 0.2) is 0 Å². The molecule has 2 rings (SSSR count). The van der Waals surface area contributed by atoms with Gasteiger partial charge in [-0.15, -0.1) is 0 Å². The number of carboxylic acids is 1. The van der Waals surface area contributed by atoms with Gasteiger partial charge in [-0.25, -0.2) is 0 Å². The molecule has 1 aromatic rings. The third-order valence-corrected chi connectivity index (χ3v) is 3.95. The summed E-state index contributed by atoms with van der Waals surface area (Å²) in [7, 11) is 1.99. The van der Waals surface area contributed by atoms with E-state index in [-0.39, 0.29) is 24.8 Å². The molecule has 1 amide bonds. The molecular weight excluding hydrogens is 256 g/mol. The zero-order valence-electron chi connectivity index (χ0n) is 11.9. The second kappa shape index (κ2) is 6.59. The third kappa shape index (κ3) is 3.40. The van der Waals surface area contributed by atoms with Gasteiger partial charge in [-0.2, -0.15) is 0 Å². The van der Waals surface area contributed by atoms with Gasteiger partial charge in [0.25, 0.3) is 0 Å². The van der Waals surface area contributed by atoms with Crippen molar-refractivity contribution >= 4 is 11.9 Å². The molecule has 5 heteroatoms. The van der Waals surface area contributed by atoms with Crippen LogP contribution in [0.5, 0.6) is 0 Å². The van der Waals surface area contributed by atoms with Gasteiger partial charge in [-0.1, -0.05) is 12.8 Å². The van der Waals surface area contributed by atoms with E-state index in [1.54, 1.807) is 0 Å². The van der Waals surface area contributed by atoms with Gasteiger partial charge < -0.3 is 14.6 Å². The fourth-order valence-electron chi connectivity index (χ4n) is 2.89. The lowest BCUT2D eigenvalue weighted by atomic mass is 10.1. The predicted molar refractivity (Wildman–Crippen MR) is 75.2 cm³/mol. The lowest BCUT2D eigenvalue weighted by Crippen LogP contribution is -2.35. The Morgan fingerprint density at radius 3 is 2.75 bits per heavy atom. The van der Waals surface area contributed by atoms with Crippen LogP contribution in [0.3, 0.4) is 0 Å². The molecule has 110 valence electrons. The Morgan fingerprint density at radius 1 is 1.30 bits per heavy atom. The summed E-state index contributed by atoms with van der Waals surface area (Å²) < 4.78 is 2.05. The van der Waals surface area contributed by atoms with E-state index in [0.717, 1.165) is 37.9 Å². The van der Waals surface area contributed by atoms with Crippen LogP contribution in [0.15, 0.2) is 18.3 Å². The second-order valence-corrected chi connectivity index (χ2v) is 5.39. The summed E-state index contributed by atoms with van der Waals surface area (Å²) in [5.74, 6) is -0.955. The van der Waals surface area contributed by atoms with Crippen LogP contribution in [0.2, 0.25) is 0 Å². The molecule has 0 radical (unpaired) electrons. The van der Waals surface area contributed by atoms with Gasteiger partial charge in [-0.05, 0) is 25.0 Å². The number of aliphatic carboxylic acids is 1. The molecule has 1 fully saturated rings. The Balaban J connectivity index is 2.15. The SMILES string of the molecule is Cn1cccc1C1CCCCCN1C(=O)CCC(=O)O. The van der Waals surface area contributed by atoms with Crippen LogP contribution in [-0.2, 0) is 16.6 Å². The summed E-state index contributed by atoms with van der Waals surface area (Å²) in [5.41, 5.74) is 1.13. The highest BCUT2D eigenvalue weighted by molar-refractivity contribution is 5.81. The first-order chi connectivity index (χ1) is 9.59. The molecule has 0 aromatic carbocycles. The van der Waals surface area contributed by atoms with Crippen molar-refractivity contribution in [3.8, 4) is 0 Å². The van der Waals surface area contributed by atoms with E-state index >= 15 is 0 Å². The number of hydrogen-bond acceptors (Lipinski definition) is 2. The third-order valence-electron chi connectivity index (χ3n) is 3.95. The molecule has 0 bridgehead atoms. The number of aromatic nitrogens is 1. The van der Waals surface area contributed by atoms with Crippen LogP contribution in [0.25, 0.3) is 0 Å². The molecule has 1 atom stereocenters. The van der Waals surface area contributed by atoms with Crippen LogP contribution in [0.1, 0.15) is 50.3 Å². The Hall–Kier alpha value is -1.78. The topological polar surface area (TPSA) is 62.5 Å². The molecule has 1 N–H and O–H groups in total. The number of carbonyl (C=O) groups excluding carboxylic acids is 1. The summed E-state index contributed by atoms with van der Waals surface area (Å²) >= 11 is 0. The monoisotopic (exact) mass is 278 g/mol. The fraction of sp³-hybridized carbons (Fsp3) is 0.600. The first kappa shape index (κ1) is 14.6. The molecule has 20 heavy (non-hydrogen) atoms. The first-order valence-electron chi connectivity index (χ1n) is 7.22. The lowest BCUT2D eigenvalue weighted by molar-refractivity contribution is -0.141. The highest BCUT2D eigenvalue weighted by atomic mass is 16.4. The van der Waals surface area contributed by atoms with Crippen LogP contribution >= 0.6 is 0 Å². The number of carboxylic acid groups (broad SMARTS) is 1. The maximum Gasteiger partial charge on any atom is 0.303 e. The Bertz CT molecular complexity index is 481. The van der Waals surface area contributed by atoms with Crippen molar-refractivity contribution in [2.75, 3.05) is 6.54 Å². The number of amides is 1. The summed E-state index contributed by atoms with van der Waals surface area (Å²) in [6.45, 7) is 0.730. The largest absolute Gasteiger partial charge is 0.481 e. The number of nitrogens with zero attached hydrogens (tertiary/aromatic N) is 2. The van der Waals surface area contributed by atoms with Crippen molar-refractivity contribution in [3.63, 3.8) is 0 Å². The van der Waals surface area contributed by atoms with E-state index in [9.17, 15) is 9.59 Å². The highest BCUT2D eigenvalue weighted by Gasteiger charge is 2.28. The van der Waals surface area contributed by atoms with Crippen molar-refractivity contribution in [3.05, 3.63) is 24.0 Å². The van der Waals surface area contributed by atoms with Crippen molar-refractivity contribution in [1.82, 2.24) is 9.47 Å². The van der Waals surface area contributed by atoms with Crippen LogP contribution < -0.4 is 0 Å². The Kier molecular flexibility index (Phi) is 4.82. The smallest absolute Gasteiger partial charge is 0.303 e. The maximum atomic E-state index is 12.3. The van der Waals surface area contributed by atoms with Crippen LogP contribution in [-0.4, -0.2) is 33.0 Å². The van der Waals surface area contributed by atoms with Gasteiger partial charge in [0.05, 0.1) is 12.5 Å². The van der Waals surface area contributed by atoms with Crippen molar-refractivity contribution in [1.29, 1.82) is 0 Å². The molecule has 0 saturated carbocycles. The molecule has 1 aliphatic heterocycles. The minimum absolute atomic E-state index is 0.0412. The summed E-state index contributed by atoms with van der Waals surface area (Å²) in [4.78, 5) is 24.8. The van der Waals surface area contributed by atoms with Crippen LogP contribution in [0.4, 0.5) is 0 Å². The molecule has 0 spiro atoms. The van der Waals surface area contributed by atoms with E-state index in [1.807, 2.05) is 34.8 Å². The van der Waals surface area contributed by atoms with Crippen molar-refractivity contribution in [2.45, 2.75) is 44.6 Å². The number of hydrogen-bond donors (Lipinski definition) is 1. The average molecular weight is 278 g/mol. The predicted octanol–water partition coefficient (Wildman–Crippen LogP) is 2.33. The average Bonchev–Trinajstić information content (AvgIpc) is 2.69. The summed E-state index contributed by atoms with van der Waals surface area (Å²) in [5, 5.41) is 8.74. The summed E-state index contributed by atoms with van der Waals surface area (Å²) in [6.07, 6.45) is 6.18. The Morgan fingerprint density at radius 2 is 2.10 bits per heavy atom. The molecule has 0 aliphatic carbocycles. The van der Waals surface area contributed by atoms with Gasteiger partial charge in [0.2, 0.25) is 5.91 Å². The van der Waals surface area contributed by atoms with E-state index in [0.29, 0.717) is 0 Å². The van der Waals surface area contributed by atoms with E-state index in [2.05, 4.69) is 0 Å². The summed E-state index contributed by atoms with van der Waals surface area (Å²) in [6, 6.07) is 4.12. The number of aryl methyl sites for hydroxylation is 1. The fourth-order valence-corrected chi connectivity index (χ4v) is 2.89. The first-order valence-corrected chi connectivity index (χ1v) is 7.22. The molecule has 1 aliphatic rings. The zero-order valence-corrected chi connectivity index (χ0v) is 11.9. The minimum atomic E-state index is -0.913. The maximum absolute atomic E-state index is 12.3. The van der Waals surface area contributed by atoms with Gasteiger partial charge in [0.1, 0.15) is 0 Å². The molecular formula is C15H22N2O3. The highest BCUT2D eigenvalue weighted by Crippen LogP contribution is 2.30. The Labute approximate surface area is 119 Å². The van der Waals surface area contributed by atoms with Gasteiger partial charge in [-0.3, -0.25) is 9.59 Å². The zero-order chi connectivity index (χ0) is 14.5. The minimum Gasteiger partial charge on any atom is -0.481 e. The molecule has 1 aromatic heterocycles. The van der Waals surface area contributed by atoms with E-state index in [4.69, 9.17) is 5.11 Å². The molecule has 1 unspecified atom stereocenters. The van der Waals surface area contributed by atoms with Crippen molar-refractivity contribution < 1.29 is 14.7 Å². The van der Waals surface area contributed by atoms with E-state index in [1.165, 1.54) is 0 Å². The quantitative estimate of drug-likeness (QED) is 0.919.